The number of hydrogen-bond donors (Lipinski definition) is 2. The zero-order valence-electron chi connectivity index (χ0n) is 16.9. The van der Waals surface area contributed by atoms with E-state index in [0.29, 0.717) is 28.1 Å². The number of nitrogens with one attached hydrogen (secondary N) is 2. The number of cyclic esters (lactones) is 2. The molecule has 1 aliphatic heterocycles. The van der Waals surface area contributed by atoms with Crippen molar-refractivity contribution in [1.29, 1.82) is 0 Å². The highest BCUT2D eigenvalue weighted by Gasteiger charge is 2.30. The van der Waals surface area contributed by atoms with E-state index in [-0.39, 0.29) is 24.3 Å². The Morgan fingerprint density at radius 3 is 2.87 bits per heavy atom. The number of H-pyrrole nitrogens is 1. The van der Waals surface area contributed by atoms with E-state index in [0.717, 1.165) is 10.6 Å². The normalized spacial score (nSPS) is 16.3. The van der Waals surface area contributed by atoms with Crippen LogP contribution in [0.15, 0.2) is 35.1 Å². The average Bonchev–Trinajstić information content (AvgIpc) is 3.21. The van der Waals surface area contributed by atoms with Crippen LogP contribution in [0.1, 0.15) is 33.9 Å². The number of thiophene rings is 1. The van der Waals surface area contributed by atoms with Crippen molar-refractivity contribution in [2.24, 2.45) is 0 Å². The van der Waals surface area contributed by atoms with Crippen molar-refractivity contribution in [1.82, 2.24) is 15.3 Å². The number of benzene rings is 1. The molecule has 3 heterocycles. The molecule has 1 saturated heterocycles. The van der Waals surface area contributed by atoms with Crippen molar-refractivity contribution in [3.63, 3.8) is 0 Å². The number of hydrogen-bond acceptors (Lipinski definition) is 8. The Labute approximate surface area is 181 Å². The molecule has 0 spiro atoms. The van der Waals surface area contributed by atoms with E-state index < -0.39 is 18.0 Å². The van der Waals surface area contributed by atoms with Gasteiger partial charge < -0.3 is 19.9 Å². The zero-order valence-corrected chi connectivity index (χ0v) is 17.7. The van der Waals surface area contributed by atoms with Crippen LogP contribution in [0.5, 0.6) is 0 Å². The third-order valence-corrected chi connectivity index (χ3v) is 6.14. The number of aryl methyl sites for hydroxylation is 1. The minimum Gasteiger partial charge on any atom is -0.392 e. The van der Waals surface area contributed by atoms with Crippen LogP contribution in [-0.2, 0) is 20.9 Å². The quantitative estimate of drug-likeness (QED) is 0.459. The van der Waals surface area contributed by atoms with Gasteiger partial charge in [-0.1, -0.05) is 6.07 Å². The van der Waals surface area contributed by atoms with E-state index in [1.165, 1.54) is 11.3 Å². The van der Waals surface area contributed by atoms with Gasteiger partial charge in [0.05, 0.1) is 20.8 Å². The number of esters is 2. The first-order chi connectivity index (χ1) is 14.8. The Morgan fingerprint density at radius 2 is 2.10 bits per heavy atom. The lowest BCUT2D eigenvalue weighted by Crippen LogP contribution is -2.45. The van der Waals surface area contributed by atoms with Crippen molar-refractivity contribution in [3.8, 4) is 0 Å². The van der Waals surface area contributed by atoms with Crippen LogP contribution in [0, 0.1) is 6.92 Å². The molecule has 2 N–H and O–H groups in total. The molecule has 1 aliphatic rings. The molecule has 2 aromatic heterocycles. The number of nitrogens with zero attached hydrogens (tertiary/aromatic N) is 2. The van der Waals surface area contributed by atoms with Gasteiger partial charge in [-0.05, 0) is 43.2 Å². The van der Waals surface area contributed by atoms with Crippen molar-refractivity contribution >= 4 is 45.1 Å². The minimum atomic E-state index is -0.818. The molecule has 0 bridgehead atoms. The largest absolute Gasteiger partial charge is 0.392 e. The Bertz CT molecular complexity index is 1250. The van der Waals surface area contributed by atoms with Gasteiger partial charge in [0.2, 0.25) is 0 Å². The van der Waals surface area contributed by atoms with Gasteiger partial charge in [-0.15, -0.1) is 11.3 Å². The predicted molar refractivity (Wildman–Crippen MR) is 115 cm³/mol. The van der Waals surface area contributed by atoms with E-state index in [4.69, 9.17) is 0 Å². The second-order valence-corrected chi connectivity index (χ2v) is 8.42. The van der Waals surface area contributed by atoms with Crippen molar-refractivity contribution < 1.29 is 19.1 Å². The van der Waals surface area contributed by atoms with Gasteiger partial charge in [-0.25, -0.2) is 9.78 Å². The molecular formula is C21H20N4O5S. The maximum Gasteiger partial charge on any atom is 0.336 e. The van der Waals surface area contributed by atoms with E-state index in [2.05, 4.69) is 20.0 Å². The first-order valence-electron chi connectivity index (χ1n) is 9.66. The summed E-state index contributed by atoms with van der Waals surface area (Å²) in [5.74, 6) is -1.12. The number of aromatic nitrogens is 2. The first-order valence-corrected chi connectivity index (χ1v) is 10.5. The number of anilines is 1. The number of fused-ring (bicyclic) bond motifs is 1. The summed E-state index contributed by atoms with van der Waals surface area (Å²) in [6.07, 6.45) is 0.329. The van der Waals surface area contributed by atoms with Crippen LogP contribution in [0.3, 0.4) is 0 Å². The minimum absolute atomic E-state index is 0.0960. The summed E-state index contributed by atoms with van der Waals surface area (Å²) in [5, 5.41) is 4.00. The molecule has 3 aromatic rings. The van der Waals surface area contributed by atoms with Gasteiger partial charge in [0.25, 0.3) is 11.5 Å². The van der Waals surface area contributed by atoms with E-state index in [1.807, 2.05) is 36.2 Å². The summed E-state index contributed by atoms with van der Waals surface area (Å²) < 4.78 is 4.56. The van der Waals surface area contributed by atoms with Crippen LogP contribution in [-0.4, -0.2) is 40.9 Å². The zero-order chi connectivity index (χ0) is 22.1. The molecule has 1 atom stereocenters. The Kier molecular flexibility index (Phi) is 5.55. The van der Waals surface area contributed by atoms with E-state index in [1.54, 1.807) is 13.0 Å². The maximum atomic E-state index is 12.5. The average molecular weight is 440 g/mol. The molecule has 160 valence electrons. The van der Waals surface area contributed by atoms with Crippen LogP contribution in [0.4, 0.5) is 5.00 Å². The fraction of sp³-hybridized carbons (Fsp3) is 0.286. The number of amides is 1. The van der Waals surface area contributed by atoms with E-state index >= 15 is 0 Å². The standard InChI is InChI=1S/C21H20N4O5S/c1-11-22-14-4-3-12(9-13(14)19(27)23-11)10-25(2)17-7-6-16(31-17)20(28)24-15-5-8-18(26)30-21(15)29/h3-4,6-7,9,15H,5,8,10H2,1-2H3,(H,24,28)(H,22,23,27). The smallest absolute Gasteiger partial charge is 0.336 e. The fourth-order valence-corrected chi connectivity index (χ4v) is 4.25. The highest BCUT2D eigenvalue weighted by atomic mass is 32.1. The van der Waals surface area contributed by atoms with Crippen LogP contribution in [0.25, 0.3) is 10.9 Å². The highest BCUT2D eigenvalue weighted by molar-refractivity contribution is 7.18. The van der Waals surface area contributed by atoms with Gasteiger partial charge in [-0.2, -0.15) is 0 Å². The summed E-state index contributed by atoms with van der Waals surface area (Å²) >= 11 is 1.28. The predicted octanol–water partition coefficient (Wildman–Crippen LogP) is 1.89. The topological polar surface area (TPSA) is 121 Å². The molecule has 0 radical (unpaired) electrons. The van der Waals surface area contributed by atoms with Crippen LogP contribution in [0.2, 0.25) is 0 Å². The monoisotopic (exact) mass is 440 g/mol. The van der Waals surface area contributed by atoms with Crippen LogP contribution < -0.4 is 15.8 Å². The third-order valence-electron chi connectivity index (χ3n) is 4.94. The molecule has 0 aliphatic carbocycles. The highest BCUT2D eigenvalue weighted by Crippen LogP contribution is 2.27. The van der Waals surface area contributed by atoms with Crippen molar-refractivity contribution in [2.45, 2.75) is 32.4 Å². The first kappa shape index (κ1) is 20.7. The summed E-state index contributed by atoms with van der Waals surface area (Å²) in [5.41, 5.74) is 1.40. The lowest BCUT2D eigenvalue weighted by molar-refractivity contribution is -0.165. The molecule has 31 heavy (non-hydrogen) atoms. The summed E-state index contributed by atoms with van der Waals surface area (Å²) in [6, 6.07) is 8.24. The number of carbonyl (C=O) groups excluding carboxylic acids is 3. The second kappa shape index (κ2) is 8.31. The van der Waals surface area contributed by atoms with Gasteiger partial charge in [0.1, 0.15) is 11.9 Å². The van der Waals surface area contributed by atoms with E-state index in [9.17, 15) is 19.2 Å². The van der Waals surface area contributed by atoms with Gasteiger partial charge in [0.15, 0.2) is 0 Å². The molecule has 0 saturated carbocycles. The summed E-state index contributed by atoms with van der Waals surface area (Å²) in [6.45, 7) is 2.27. The Balaban J connectivity index is 1.44. The number of aromatic amines is 1. The SMILES string of the molecule is Cc1nc2ccc(CN(C)c3ccc(C(=O)NC4CCC(=O)OC4=O)s3)cc2c(=O)[nH]1. The lowest BCUT2D eigenvalue weighted by atomic mass is 10.1. The molecule has 9 nitrogen and oxygen atoms in total. The fourth-order valence-electron chi connectivity index (χ4n) is 3.38. The van der Waals surface area contributed by atoms with Crippen LogP contribution >= 0.6 is 11.3 Å². The molecule has 1 unspecified atom stereocenters. The molecular weight excluding hydrogens is 420 g/mol. The number of carbonyl (C=O) groups is 3. The summed E-state index contributed by atoms with van der Waals surface area (Å²) in [7, 11) is 1.89. The molecule has 10 heteroatoms. The Hall–Kier alpha value is -3.53. The number of ether oxygens (including phenoxy) is 1. The summed E-state index contributed by atoms with van der Waals surface area (Å²) in [4.78, 5) is 57.0. The molecule has 1 aromatic carbocycles. The van der Waals surface area contributed by atoms with Gasteiger partial charge in [0, 0.05) is 20.0 Å². The molecule has 1 amide bonds. The third kappa shape index (κ3) is 4.48. The molecule has 4 rings (SSSR count). The van der Waals surface area contributed by atoms with Gasteiger partial charge in [-0.3, -0.25) is 14.4 Å². The van der Waals surface area contributed by atoms with Crippen molar-refractivity contribution in [2.75, 3.05) is 11.9 Å². The maximum absolute atomic E-state index is 12.5. The van der Waals surface area contributed by atoms with Crippen molar-refractivity contribution in [3.05, 3.63) is 57.0 Å². The second-order valence-electron chi connectivity index (χ2n) is 7.35. The lowest BCUT2D eigenvalue weighted by Gasteiger charge is -2.20. The van der Waals surface area contributed by atoms with Gasteiger partial charge >= 0.3 is 11.9 Å². The Morgan fingerprint density at radius 1 is 1.29 bits per heavy atom. The number of rotatable bonds is 5. The molecule has 1 fully saturated rings.